The van der Waals surface area contributed by atoms with Gasteiger partial charge in [0.25, 0.3) is 0 Å². The smallest absolute Gasteiger partial charge is 0.186 e. The van der Waals surface area contributed by atoms with Crippen molar-refractivity contribution >= 4 is 34.5 Å². The molecule has 0 amide bonds. The van der Waals surface area contributed by atoms with Gasteiger partial charge >= 0.3 is 0 Å². The second-order valence-electron chi connectivity index (χ2n) is 3.77. The van der Waals surface area contributed by atoms with Crippen LogP contribution in [0.3, 0.4) is 0 Å². The zero-order valence-electron chi connectivity index (χ0n) is 9.44. The molecule has 2 heterocycles. The van der Waals surface area contributed by atoms with Crippen LogP contribution in [0.15, 0.2) is 0 Å². The van der Waals surface area contributed by atoms with Gasteiger partial charge in [-0.25, -0.2) is 4.98 Å². The number of hydrogen-bond donors (Lipinski definition) is 0. The van der Waals surface area contributed by atoms with Crippen molar-refractivity contribution in [2.45, 2.75) is 19.8 Å². The first-order chi connectivity index (χ1) is 7.85. The lowest BCUT2D eigenvalue weighted by Crippen LogP contribution is -2.32. The molecular formula is C11H16N2OS2. The molecule has 0 aliphatic carbocycles. The average molecular weight is 256 g/mol. The summed E-state index contributed by atoms with van der Waals surface area (Å²) in [6, 6.07) is 0. The van der Waals surface area contributed by atoms with Crippen LogP contribution in [0.4, 0.5) is 5.13 Å². The van der Waals surface area contributed by atoms with Gasteiger partial charge in [0, 0.05) is 24.6 Å². The van der Waals surface area contributed by atoms with Gasteiger partial charge in [-0.3, -0.25) is 4.79 Å². The molecule has 0 N–H and O–H groups in total. The maximum Gasteiger partial charge on any atom is 0.186 e. The first kappa shape index (κ1) is 11.9. The Morgan fingerprint density at radius 2 is 2.19 bits per heavy atom. The third-order valence-electron chi connectivity index (χ3n) is 2.59. The fourth-order valence-electron chi connectivity index (χ4n) is 1.75. The highest BCUT2D eigenvalue weighted by atomic mass is 32.2. The average Bonchev–Trinajstić information content (AvgIpc) is 2.74. The Morgan fingerprint density at radius 1 is 1.44 bits per heavy atom. The van der Waals surface area contributed by atoms with Crippen LogP contribution in [0.2, 0.25) is 0 Å². The van der Waals surface area contributed by atoms with Crippen molar-refractivity contribution in [2.24, 2.45) is 0 Å². The molecule has 0 unspecified atom stereocenters. The Morgan fingerprint density at radius 3 is 2.81 bits per heavy atom. The largest absolute Gasteiger partial charge is 0.346 e. The van der Waals surface area contributed by atoms with Crippen LogP contribution in [-0.4, -0.2) is 35.9 Å². The van der Waals surface area contributed by atoms with E-state index in [1.54, 1.807) is 11.3 Å². The topological polar surface area (TPSA) is 33.2 Å². The number of aryl methyl sites for hydroxylation is 1. The zero-order chi connectivity index (χ0) is 11.4. The fourth-order valence-corrected chi connectivity index (χ4v) is 3.63. The normalized spacial score (nSPS) is 16.4. The predicted octanol–water partition coefficient (Wildman–Crippen LogP) is 2.46. The number of rotatable bonds is 4. The van der Waals surface area contributed by atoms with E-state index in [0.29, 0.717) is 0 Å². The molecular weight excluding hydrogens is 240 g/mol. The van der Waals surface area contributed by atoms with Gasteiger partial charge in [0.15, 0.2) is 11.4 Å². The van der Waals surface area contributed by atoms with Crippen molar-refractivity contribution in [1.29, 1.82) is 0 Å². The van der Waals surface area contributed by atoms with Crippen molar-refractivity contribution in [2.75, 3.05) is 29.5 Å². The van der Waals surface area contributed by atoms with Crippen molar-refractivity contribution in [3.63, 3.8) is 0 Å². The van der Waals surface area contributed by atoms with Gasteiger partial charge in [-0.2, -0.15) is 11.8 Å². The van der Waals surface area contributed by atoms with E-state index in [0.717, 1.165) is 47.9 Å². The number of carbonyl (C=O) groups is 1. The molecule has 0 bridgehead atoms. The lowest BCUT2D eigenvalue weighted by molar-refractivity contribution is 0.112. The summed E-state index contributed by atoms with van der Waals surface area (Å²) >= 11 is 3.53. The van der Waals surface area contributed by atoms with Gasteiger partial charge in [-0.15, -0.1) is 0 Å². The van der Waals surface area contributed by atoms with E-state index in [-0.39, 0.29) is 0 Å². The molecule has 2 rings (SSSR count). The molecule has 1 aliphatic rings. The molecule has 1 aromatic rings. The lowest BCUT2D eigenvalue weighted by atomic mass is 10.2. The van der Waals surface area contributed by atoms with Crippen molar-refractivity contribution in [3.8, 4) is 0 Å². The number of aldehydes is 1. The van der Waals surface area contributed by atoms with E-state index < -0.39 is 0 Å². The Labute approximate surface area is 104 Å². The highest BCUT2D eigenvalue weighted by Crippen LogP contribution is 2.27. The van der Waals surface area contributed by atoms with E-state index in [1.165, 1.54) is 11.5 Å². The number of carbonyl (C=O) groups excluding carboxylic acids is 1. The molecule has 0 atom stereocenters. The van der Waals surface area contributed by atoms with Crippen LogP contribution in [-0.2, 0) is 6.42 Å². The minimum Gasteiger partial charge on any atom is -0.346 e. The van der Waals surface area contributed by atoms with Gasteiger partial charge in [-0.1, -0.05) is 24.7 Å². The quantitative estimate of drug-likeness (QED) is 0.775. The number of thioether (sulfide) groups is 1. The molecule has 0 radical (unpaired) electrons. The Bertz CT molecular complexity index is 359. The summed E-state index contributed by atoms with van der Waals surface area (Å²) in [4.78, 5) is 18.7. The SMILES string of the molecule is CCCc1nc(N2CCSCC2)sc1C=O. The van der Waals surface area contributed by atoms with Gasteiger partial charge in [-0.05, 0) is 6.42 Å². The van der Waals surface area contributed by atoms with Crippen LogP contribution in [0.25, 0.3) is 0 Å². The predicted molar refractivity (Wildman–Crippen MR) is 71.0 cm³/mol. The highest BCUT2D eigenvalue weighted by Gasteiger charge is 2.17. The molecule has 1 aromatic heterocycles. The second-order valence-corrected chi connectivity index (χ2v) is 6.01. The van der Waals surface area contributed by atoms with Gasteiger partial charge in [0.1, 0.15) is 0 Å². The first-order valence-electron chi connectivity index (χ1n) is 5.62. The lowest BCUT2D eigenvalue weighted by Gasteiger charge is -2.25. The van der Waals surface area contributed by atoms with Crippen LogP contribution in [0.5, 0.6) is 0 Å². The molecule has 3 nitrogen and oxygen atoms in total. The summed E-state index contributed by atoms with van der Waals surface area (Å²) in [5.41, 5.74) is 0.982. The number of aromatic nitrogens is 1. The standard InChI is InChI=1S/C11H16N2OS2/c1-2-3-9-10(8-14)16-11(12-9)13-4-6-15-7-5-13/h8H,2-7H2,1H3. The van der Waals surface area contributed by atoms with Crippen molar-refractivity contribution in [1.82, 2.24) is 4.98 Å². The van der Waals surface area contributed by atoms with E-state index in [2.05, 4.69) is 16.8 Å². The summed E-state index contributed by atoms with van der Waals surface area (Å²) in [6.45, 7) is 4.23. The summed E-state index contributed by atoms with van der Waals surface area (Å²) in [5.74, 6) is 2.33. The van der Waals surface area contributed by atoms with E-state index >= 15 is 0 Å². The third-order valence-corrected chi connectivity index (χ3v) is 4.62. The Hall–Kier alpha value is -0.550. The number of thiazole rings is 1. The Kier molecular flexibility index (Phi) is 4.23. The molecule has 0 saturated carbocycles. The summed E-state index contributed by atoms with van der Waals surface area (Å²) in [5, 5.41) is 1.03. The van der Waals surface area contributed by atoms with E-state index in [1.807, 2.05) is 11.8 Å². The van der Waals surface area contributed by atoms with Crippen LogP contribution < -0.4 is 4.90 Å². The summed E-state index contributed by atoms with van der Waals surface area (Å²) in [6.07, 6.45) is 2.90. The number of nitrogens with zero attached hydrogens (tertiary/aromatic N) is 2. The van der Waals surface area contributed by atoms with Crippen LogP contribution in [0, 0.1) is 0 Å². The molecule has 5 heteroatoms. The van der Waals surface area contributed by atoms with Crippen LogP contribution >= 0.6 is 23.1 Å². The number of anilines is 1. The third kappa shape index (κ3) is 2.58. The molecule has 0 spiro atoms. The van der Waals surface area contributed by atoms with Gasteiger partial charge < -0.3 is 4.90 Å². The van der Waals surface area contributed by atoms with E-state index in [4.69, 9.17) is 0 Å². The number of hydrogen-bond acceptors (Lipinski definition) is 5. The maximum absolute atomic E-state index is 10.9. The summed E-state index contributed by atoms with van der Waals surface area (Å²) in [7, 11) is 0. The maximum atomic E-state index is 10.9. The summed E-state index contributed by atoms with van der Waals surface area (Å²) < 4.78 is 0. The minimum atomic E-state index is 0.815. The van der Waals surface area contributed by atoms with Gasteiger partial charge in [0.05, 0.1) is 10.6 Å². The molecule has 1 saturated heterocycles. The molecule has 16 heavy (non-hydrogen) atoms. The molecule has 1 fully saturated rings. The zero-order valence-corrected chi connectivity index (χ0v) is 11.1. The molecule has 1 aliphatic heterocycles. The molecule has 0 aromatic carbocycles. The molecule has 88 valence electrons. The van der Waals surface area contributed by atoms with Crippen molar-refractivity contribution in [3.05, 3.63) is 10.6 Å². The minimum absolute atomic E-state index is 0.815. The van der Waals surface area contributed by atoms with Gasteiger partial charge in [0.2, 0.25) is 0 Å². The van der Waals surface area contributed by atoms with Crippen LogP contribution in [0.1, 0.15) is 28.7 Å². The highest BCUT2D eigenvalue weighted by molar-refractivity contribution is 7.99. The second kappa shape index (κ2) is 5.68. The first-order valence-corrected chi connectivity index (χ1v) is 7.60. The monoisotopic (exact) mass is 256 g/mol. The van der Waals surface area contributed by atoms with Crippen molar-refractivity contribution < 1.29 is 4.79 Å². The Balaban J connectivity index is 2.17. The fraction of sp³-hybridized carbons (Fsp3) is 0.636. The van der Waals surface area contributed by atoms with E-state index in [9.17, 15) is 4.79 Å².